The number of morpholine rings is 1. The standard InChI is InChI=1S/C21H22ClFN2O2/c22-16-4-1-3-15(13-16)21(7-2-8-21)20(26)24-17-5-6-19(18(23)14-17)25-9-11-27-12-10-25/h1,3-6,13-14H,2,7-12H2,(H,24,26). The van der Waals surface area contributed by atoms with Crippen molar-refractivity contribution in [2.24, 2.45) is 0 Å². The minimum Gasteiger partial charge on any atom is -0.378 e. The number of ether oxygens (including phenoxy) is 1. The maximum absolute atomic E-state index is 14.6. The normalized spacial score (nSPS) is 18.7. The fraction of sp³-hybridized carbons (Fsp3) is 0.381. The third kappa shape index (κ3) is 3.54. The van der Waals surface area contributed by atoms with Crippen molar-refractivity contribution >= 4 is 28.9 Å². The van der Waals surface area contributed by atoms with Gasteiger partial charge in [0.2, 0.25) is 5.91 Å². The number of anilines is 2. The molecule has 1 amide bonds. The fourth-order valence-corrected chi connectivity index (χ4v) is 4.05. The Bertz CT molecular complexity index is 848. The lowest BCUT2D eigenvalue weighted by Gasteiger charge is -2.40. The Morgan fingerprint density at radius 1 is 1.15 bits per heavy atom. The highest BCUT2D eigenvalue weighted by Crippen LogP contribution is 2.45. The molecule has 4 rings (SSSR count). The van der Waals surface area contributed by atoms with Crippen LogP contribution in [0.1, 0.15) is 24.8 Å². The maximum Gasteiger partial charge on any atom is 0.235 e. The molecule has 1 saturated carbocycles. The van der Waals surface area contributed by atoms with Gasteiger partial charge in [-0.15, -0.1) is 0 Å². The van der Waals surface area contributed by atoms with Gasteiger partial charge in [0.25, 0.3) is 0 Å². The van der Waals surface area contributed by atoms with Crippen LogP contribution in [0.2, 0.25) is 5.02 Å². The molecule has 1 N–H and O–H groups in total. The summed E-state index contributed by atoms with van der Waals surface area (Å²) in [7, 11) is 0. The zero-order valence-electron chi connectivity index (χ0n) is 15.0. The van der Waals surface area contributed by atoms with Gasteiger partial charge in [-0.2, -0.15) is 0 Å². The molecule has 0 spiro atoms. The minimum atomic E-state index is -0.579. The van der Waals surface area contributed by atoms with Gasteiger partial charge in [0.15, 0.2) is 0 Å². The van der Waals surface area contributed by atoms with Crippen LogP contribution in [0.15, 0.2) is 42.5 Å². The Hall–Kier alpha value is -2.11. The van der Waals surface area contributed by atoms with Gasteiger partial charge in [-0.25, -0.2) is 4.39 Å². The second kappa shape index (κ2) is 7.49. The lowest BCUT2D eigenvalue weighted by atomic mass is 9.64. The van der Waals surface area contributed by atoms with Crippen molar-refractivity contribution in [3.05, 3.63) is 58.9 Å². The topological polar surface area (TPSA) is 41.6 Å². The van der Waals surface area contributed by atoms with Gasteiger partial charge >= 0.3 is 0 Å². The highest BCUT2D eigenvalue weighted by atomic mass is 35.5. The van der Waals surface area contributed by atoms with Crippen molar-refractivity contribution in [2.75, 3.05) is 36.5 Å². The van der Waals surface area contributed by atoms with Crippen LogP contribution in [0.25, 0.3) is 0 Å². The lowest BCUT2D eigenvalue weighted by Crippen LogP contribution is -2.46. The molecule has 6 heteroatoms. The van der Waals surface area contributed by atoms with Crippen molar-refractivity contribution < 1.29 is 13.9 Å². The smallest absolute Gasteiger partial charge is 0.235 e. The molecule has 2 fully saturated rings. The number of halogens is 2. The first-order valence-corrected chi connectivity index (χ1v) is 9.66. The molecule has 2 aliphatic rings. The van der Waals surface area contributed by atoms with Crippen molar-refractivity contribution in [3.8, 4) is 0 Å². The summed E-state index contributed by atoms with van der Waals surface area (Å²) in [4.78, 5) is 15.0. The average Bonchev–Trinajstić information content (AvgIpc) is 2.62. The zero-order chi connectivity index (χ0) is 18.9. The molecule has 1 aliphatic heterocycles. The van der Waals surface area contributed by atoms with Crippen LogP contribution in [0, 0.1) is 5.82 Å². The first-order valence-electron chi connectivity index (χ1n) is 9.28. The summed E-state index contributed by atoms with van der Waals surface area (Å²) >= 11 is 6.11. The molecule has 1 saturated heterocycles. The van der Waals surface area contributed by atoms with E-state index in [9.17, 15) is 9.18 Å². The predicted molar refractivity (Wildman–Crippen MR) is 105 cm³/mol. The SMILES string of the molecule is O=C(Nc1ccc(N2CCOCC2)c(F)c1)C1(c2cccc(Cl)c2)CCC1. The number of rotatable bonds is 4. The number of nitrogens with one attached hydrogen (secondary N) is 1. The number of hydrogen-bond donors (Lipinski definition) is 1. The third-order valence-corrected chi connectivity index (χ3v) is 5.81. The number of carbonyl (C=O) groups excluding carboxylic acids is 1. The second-order valence-corrected chi connectivity index (χ2v) is 7.60. The van der Waals surface area contributed by atoms with Crippen LogP contribution in [0.4, 0.5) is 15.8 Å². The van der Waals surface area contributed by atoms with Crippen molar-refractivity contribution in [3.63, 3.8) is 0 Å². The molecular formula is C21H22ClFN2O2. The van der Waals surface area contributed by atoms with Gasteiger partial charge in [-0.05, 0) is 48.7 Å². The molecule has 0 aromatic heterocycles. The van der Waals surface area contributed by atoms with Gasteiger partial charge < -0.3 is 15.0 Å². The summed E-state index contributed by atoms with van der Waals surface area (Å²) in [5, 5.41) is 3.53. The van der Waals surface area contributed by atoms with Crippen molar-refractivity contribution in [2.45, 2.75) is 24.7 Å². The maximum atomic E-state index is 14.6. The van der Waals surface area contributed by atoms with E-state index in [1.807, 2.05) is 23.1 Å². The summed E-state index contributed by atoms with van der Waals surface area (Å²) in [5.41, 5.74) is 1.36. The average molecular weight is 389 g/mol. The molecule has 1 aliphatic carbocycles. The molecule has 0 unspecified atom stereocenters. The molecule has 0 bridgehead atoms. The van der Waals surface area contributed by atoms with Gasteiger partial charge in [-0.3, -0.25) is 4.79 Å². The van der Waals surface area contributed by atoms with Crippen LogP contribution in [-0.2, 0) is 14.9 Å². The van der Waals surface area contributed by atoms with E-state index in [1.54, 1.807) is 18.2 Å². The van der Waals surface area contributed by atoms with Crippen molar-refractivity contribution in [1.29, 1.82) is 0 Å². The Morgan fingerprint density at radius 2 is 1.93 bits per heavy atom. The molecular weight excluding hydrogens is 367 g/mol. The van der Waals surface area contributed by atoms with Gasteiger partial charge in [0.05, 0.1) is 24.3 Å². The monoisotopic (exact) mass is 388 g/mol. The molecule has 2 aromatic rings. The van der Waals surface area contributed by atoms with Crippen LogP contribution in [0.3, 0.4) is 0 Å². The predicted octanol–water partition coefficient (Wildman–Crippen LogP) is 4.38. The van der Waals surface area contributed by atoms with E-state index >= 15 is 0 Å². The molecule has 4 nitrogen and oxygen atoms in total. The van der Waals surface area contributed by atoms with E-state index in [0.717, 1.165) is 24.8 Å². The number of hydrogen-bond acceptors (Lipinski definition) is 3. The van der Waals surface area contributed by atoms with Crippen LogP contribution >= 0.6 is 11.6 Å². The van der Waals surface area contributed by atoms with Gasteiger partial charge in [-0.1, -0.05) is 30.2 Å². The summed E-state index contributed by atoms with van der Waals surface area (Å²) in [6.45, 7) is 2.53. The number of amides is 1. The summed E-state index contributed by atoms with van der Waals surface area (Å²) < 4.78 is 19.9. The quantitative estimate of drug-likeness (QED) is 0.845. The third-order valence-electron chi connectivity index (χ3n) is 5.58. The number of nitrogens with zero attached hydrogens (tertiary/aromatic N) is 1. The molecule has 0 atom stereocenters. The highest BCUT2D eigenvalue weighted by molar-refractivity contribution is 6.30. The summed E-state index contributed by atoms with van der Waals surface area (Å²) in [6, 6.07) is 12.3. The Morgan fingerprint density at radius 3 is 2.56 bits per heavy atom. The van der Waals surface area contributed by atoms with E-state index in [-0.39, 0.29) is 11.7 Å². The van der Waals surface area contributed by atoms with E-state index in [0.29, 0.717) is 42.7 Å². The van der Waals surface area contributed by atoms with Gasteiger partial charge in [0.1, 0.15) is 5.82 Å². The van der Waals surface area contributed by atoms with E-state index in [4.69, 9.17) is 16.3 Å². The first kappa shape index (κ1) is 18.3. The Kier molecular flexibility index (Phi) is 5.06. The molecule has 1 heterocycles. The zero-order valence-corrected chi connectivity index (χ0v) is 15.8. The summed E-state index contributed by atoms with van der Waals surface area (Å²) in [6.07, 6.45) is 2.53. The van der Waals surface area contributed by atoms with E-state index < -0.39 is 5.41 Å². The molecule has 27 heavy (non-hydrogen) atoms. The van der Waals surface area contributed by atoms with Crippen LogP contribution in [0.5, 0.6) is 0 Å². The Labute approximate surface area is 163 Å². The van der Waals surface area contributed by atoms with Crippen LogP contribution in [-0.4, -0.2) is 32.2 Å². The number of carbonyl (C=O) groups is 1. The van der Waals surface area contributed by atoms with Crippen molar-refractivity contribution in [1.82, 2.24) is 0 Å². The summed E-state index contributed by atoms with van der Waals surface area (Å²) in [5.74, 6) is -0.436. The lowest BCUT2D eigenvalue weighted by molar-refractivity contribution is -0.124. The molecule has 2 aromatic carbocycles. The van der Waals surface area contributed by atoms with Crippen LogP contribution < -0.4 is 10.2 Å². The molecule has 142 valence electrons. The first-order chi connectivity index (χ1) is 13.1. The number of benzene rings is 2. The second-order valence-electron chi connectivity index (χ2n) is 7.17. The fourth-order valence-electron chi connectivity index (χ4n) is 3.86. The largest absolute Gasteiger partial charge is 0.378 e. The minimum absolute atomic E-state index is 0.102. The van der Waals surface area contributed by atoms with Gasteiger partial charge in [0, 0.05) is 23.8 Å². The van der Waals surface area contributed by atoms with E-state index in [2.05, 4.69) is 5.32 Å². The Balaban J connectivity index is 1.53. The highest BCUT2D eigenvalue weighted by Gasteiger charge is 2.45. The van der Waals surface area contributed by atoms with E-state index in [1.165, 1.54) is 6.07 Å². The molecule has 0 radical (unpaired) electrons.